The molecule has 2 rings (SSSR count). The first kappa shape index (κ1) is 18.9. The summed E-state index contributed by atoms with van der Waals surface area (Å²) in [7, 11) is -3.57. The third-order valence-corrected chi connectivity index (χ3v) is 5.84. The van der Waals surface area contributed by atoms with E-state index in [0.29, 0.717) is 11.3 Å². The standard InChI is InChI=1S/C16H16N2O5S2/c17-12-13-3-5-14(6-4-13)22-9-10-23-15(19)7-8-18-25(20,21)16-2-1-11-24-16/h1-6,11,18H,7-10H2. The van der Waals surface area contributed by atoms with Crippen molar-refractivity contribution in [2.24, 2.45) is 0 Å². The van der Waals surface area contributed by atoms with Crippen LogP contribution in [0.2, 0.25) is 0 Å². The average molecular weight is 380 g/mol. The van der Waals surface area contributed by atoms with Gasteiger partial charge in [-0.3, -0.25) is 4.79 Å². The van der Waals surface area contributed by atoms with Crippen LogP contribution in [0.4, 0.5) is 0 Å². The molecule has 1 aromatic carbocycles. The molecule has 132 valence electrons. The molecule has 1 heterocycles. The molecule has 0 aliphatic heterocycles. The maximum absolute atomic E-state index is 11.8. The number of nitrogens with zero attached hydrogens (tertiary/aromatic N) is 1. The smallest absolute Gasteiger partial charge is 0.307 e. The largest absolute Gasteiger partial charge is 0.490 e. The summed E-state index contributed by atoms with van der Waals surface area (Å²) in [5, 5.41) is 10.4. The van der Waals surface area contributed by atoms with E-state index in [9.17, 15) is 13.2 Å². The van der Waals surface area contributed by atoms with Crippen molar-refractivity contribution in [2.75, 3.05) is 19.8 Å². The van der Waals surface area contributed by atoms with Crippen molar-refractivity contribution in [3.8, 4) is 11.8 Å². The second-order valence-electron chi connectivity index (χ2n) is 4.78. The number of ether oxygens (including phenoxy) is 2. The summed E-state index contributed by atoms with van der Waals surface area (Å²) in [5.74, 6) is 0.0519. The Morgan fingerprint density at radius 2 is 1.96 bits per heavy atom. The van der Waals surface area contributed by atoms with Crippen LogP contribution in [0.1, 0.15) is 12.0 Å². The Bertz CT molecular complexity index is 824. The predicted octanol–water partition coefficient (Wildman–Crippen LogP) is 1.91. The molecule has 0 radical (unpaired) electrons. The minimum atomic E-state index is -3.57. The Kier molecular flexibility index (Phi) is 6.94. The molecule has 25 heavy (non-hydrogen) atoms. The van der Waals surface area contributed by atoms with E-state index in [1.165, 1.54) is 6.07 Å². The first-order chi connectivity index (χ1) is 12.0. The van der Waals surface area contributed by atoms with E-state index >= 15 is 0 Å². The summed E-state index contributed by atoms with van der Waals surface area (Å²) in [6.45, 7) is 0.185. The Morgan fingerprint density at radius 3 is 2.60 bits per heavy atom. The van der Waals surface area contributed by atoms with Crippen molar-refractivity contribution in [3.05, 3.63) is 47.3 Å². The lowest BCUT2D eigenvalue weighted by molar-refractivity contribution is -0.144. The molecule has 1 N–H and O–H groups in total. The van der Waals surface area contributed by atoms with Crippen LogP contribution in [0.15, 0.2) is 46.0 Å². The number of rotatable bonds is 9. The van der Waals surface area contributed by atoms with Gasteiger partial charge < -0.3 is 9.47 Å². The van der Waals surface area contributed by atoms with Crippen LogP contribution in [-0.2, 0) is 19.6 Å². The molecule has 0 aliphatic rings. The molecule has 0 spiro atoms. The Balaban J connectivity index is 1.62. The van der Waals surface area contributed by atoms with Crippen LogP contribution >= 0.6 is 11.3 Å². The molecule has 0 saturated carbocycles. The van der Waals surface area contributed by atoms with Crippen molar-refractivity contribution < 1.29 is 22.7 Å². The molecule has 0 amide bonds. The van der Waals surface area contributed by atoms with Crippen LogP contribution in [0.25, 0.3) is 0 Å². The highest BCUT2D eigenvalue weighted by Gasteiger charge is 2.15. The quantitative estimate of drug-likeness (QED) is 0.526. The highest BCUT2D eigenvalue weighted by atomic mass is 32.2. The highest BCUT2D eigenvalue weighted by molar-refractivity contribution is 7.91. The number of hydrogen-bond acceptors (Lipinski definition) is 7. The lowest BCUT2D eigenvalue weighted by Gasteiger charge is -2.08. The maximum Gasteiger partial charge on any atom is 0.307 e. The zero-order valence-corrected chi connectivity index (χ0v) is 14.8. The Hall–Kier alpha value is -2.41. The summed E-state index contributed by atoms with van der Waals surface area (Å²) in [5.41, 5.74) is 0.531. The van der Waals surface area contributed by atoms with Crippen LogP contribution < -0.4 is 9.46 Å². The Labute approximate surface area is 149 Å². The van der Waals surface area contributed by atoms with Crippen LogP contribution in [0, 0.1) is 11.3 Å². The Morgan fingerprint density at radius 1 is 1.20 bits per heavy atom. The van der Waals surface area contributed by atoms with E-state index in [4.69, 9.17) is 14.7 Å². The number of sulfonamides is 1. The fourth-order valence-corrected chi connectivity index (χ4v) is 3.86. The average Bonchev–Trinajstić information content (AvgIpc) is 3.15. The number of nitrogens with one attached hydrogen (secondary N) is 1. The van der Waals surface area contributed by atoms with Gasteiger partial charge in [0.15, 0.2) is 0 Å². The van der Waals surface area contributed by atoms with Gasteiger partial charge in [-0.2, -0.15) is 5.26 Å². The first-order valence-corrected chi connectivity index (χ1v) is 9.69. The first-order valence-electron chi connectivity index (χ1n) is 7.33. The fourth-order valence-electron chi connectivity index (χ4n) is 1.79. The zero-order chi connectivity index (χ0) is 18.1. The predicted molar refractivity (Wildman–Crippen MR) is 91.7 cm³/mol. The van der Waals surface area contributed by atoms with Gasteiger partial charge in [0.25, 0.3) is 0 Å². The lowest BCUT2D eigenvalue weighted by atomic mass is 10.2. The van der Waals surface area contributed by atoms with Crippen LogP contribution in [-0.4, -0.2) is 34.1 Å². The van der Waals surface area contributed by atoms with Gasteiger partial charge in [-0.05, 0) is 35.7 Å². The second kappa shape index (κ2) is 9.17. The molecule has 0 bridgehead atoms. The van der Waals surface area contributed by atoms with E-state index in [0.717, 1.165) is 11.3 Å². The van der Waals surface area contributed by atoms with E-state index in [-0.39, 0.29) is 30.4 Å². The van der Waals surface area contributed by atoms with Gasteiger partial charge in [-0.25, -0.2) is 13.1 Å². The van der Waals surface area contributed by atoms with Crippen molar-refractivity contribution >= 4 is 27.3 Å². The lowest BCUT2D eigenvalue weighted by Crippen LogP contribution is -2.26. The zero-order valence-electron chi connectivity index (χ0n) is 13.2. The van der Waals surface area contributed by atoms with Crippen LogP contribution in [0.5, 0.6) is 5.75 Å². The summed E-state index contributed by atoms with van der Waals surface area (Å²) in [4.78, 5) is 11.6. The molecular weight excluding hydrogens is 364 g/mol. The van der Waals surface area contributed by atoms with Gasteiger partial charge >= 0.3 is 5.97 Å². The van der Waals surface area contributed by atoms with Gasteiger partial charge in [-0.15, -0.1) is 11.3 Å². The molecule has 0 fully saturated rings. The normalized spacial score (nSPS) is 10.8. The monoisotopic (exact) mass is 380 g/mol. The summed E-state index contributed by atoms with van der Waals surface area (Å²) in [6, 6.07) is 11.7. The van der Waals surface area contributed by atoms with Gasteiger partial charge in [-0.1, -0.05) is 6.07 Å². The number of thiophene rings is 1. The van der Waals surface area contributed by atoms with Gasteiger partial charge in [0.05, 0.1) is 18.1 Å². The highest BCUT2D eigenvalue weighted by Crippen LogP contribution is 2.15. The maximum atomic E-state index is 11.8. The number of carbonyl (C=O) groups is 1. The van der Waals surface area contributed by atoms with Crippen LogP contribution in [0.3, 0.4) is 0 Å². The van der Waals surface area contributed by atoms with Crippen molar-refractivity contribution in [1.82, 2.24) is 4.72 Å². The molecule has 0 unspecified atom stereocenters. The molecule has 0 aliphatic carbocycles. The van der Waals surface area contributed by atoms with Gasteiger partial charge in [0.1, 0.15) is 23.2 Å². The fraction of sp³-hybridized carbons (Fsp3) is 0.250. The van der Waals surface area contributed by atoms with E-state index in [1.807, 2.05) is 6.07 Å². The summed E-state index contributed by atoms with van der Waals surface area (Å²) >= 11 is 1.10. The van der Waals surface area contributed by atoms with E-state index < -0.39 is 16.0 Å². The summed E-state index contributed by atoms with van der Waals surface area (Å²) < 4.78 is 36.6. The van der Waals surface area contributed by atoms with E-state index in [1.54, 1.807) is 35.7 Å². The molecular formula is C16H16N2O5S2. The molecule has 0 atom stereocenters. The van der Waals surface area contributed by atoms with E-state index in [2.05, 4.69) is 4.72 Å². The molecule has 0 saturated heterocycles. The third kappa shape index (κ3) is 6.19. The minimum absolute atomic E-state index is 0.0322. The molecule has 7 nitrogen and oxygen atoms in total. The third-order valence-electron chi connectivity index (χ3n) is 2.98. The minimum Gasteiger partial charge on any atom is -0.490 e. The van der Waals surface area contributed by atoms with Crippen molar-refractivity contribution in [1.29, 1.82) is 5.26 Å². The second-order valence-corrected chi connectivity index (χ2v) is 7.73. The molecule has 9 heteroatoms. The molecule has 1 aromatic heterocycles. The SMILES string of the molecule is N#Cc1ccc(OCCOC(=O)CCNS(=O)(=O)c2cccs2)cc1. The molecule has 2 aromatic rings. The van der Waals surface area contributed by atoms with Crippen molar-refractivity contribution in [2.45, 2.75) is 10.6 Å². The van der Waals surface area contributed by atoms with Gasteiger partial charge in [0, 0.05) is 6.54 Å². The number of hydrogen-bond donors (Lipinski definition) is 1. The van der Waals surface area contributed by atoms with Gasteiger partial charge in [0.2, 0.25) is 10.0 Å². The number of benzene rings is 1. The number of carbonyl (C=O) groups excluding carboxylic acids is 1. The summed E-state index contributed by atoms with van der Waals surface area (Å²) in [6.07, 6.45) is -0.0680. The number of nitriles is 1. The van der Waals surface area contributed by atoms with Crippen molar-refractivity contribution in [3.63, 3.8) is 0 Å². The number of esters is 1. The topological polar surface area (TPSA) is 105 Å².